The second-order valence-corrected chi connectivity index (χ2v) is 6.60. The van der Waals surface area contributed by atoms with Gasteiger partial charge >= 0.3 is 0 Å². The Morgan fingerprint density at radius 1 is 0.923 bits per heavy atom. The van der Waals surface area contributed by atoms with Gasteiger partial charge in [0.25, 0.3) is 11.8 Å². The van der Waals surface area contributed by atoms with Crippen molar-refractivity contribution in [2.45, 2.75) is 0 Å². The highest BCUT2D eigenvalue weighted by Gasteiger charge is 2.34. The van der Waals surface area contributed by atoms with Gasteiger partial charge in [0, 0.05) is 10.0 Å². The number of hydrogen-bond donors (Lipinski definition) is 1. The number of halogens is 1. The van der Waals surface area contributed by atoms with Crippen LogP contribution in [0.1, 0.15) is 5.76 Å². The smallest absolute Gasteiger partial charge is 0.282 e. The van der Waals surface area contributed by atoms with Crippen molar-refractivity contribution in [3.63, 3.8) is 0 Å². The molecule has 2 heterocycles. The first-order valence-corrected chi connectivity index (χ1v) is 8.69. The van der Waals surface area contributed by atoms with Crippen molar-refractivity contribution < 1.29 is 14.0 Å². The van der Waals surface area contributed by atoms with Crippen molar-refractivity contribution >= 4 is 39.5 Å². The van der Waals surface area contributed by atoms with Crippen molar-refractivity contribution in [3.05, 3.63) is 82.5 Å². The van der Waals surface area contributed by atoms with Gasteiger partial charge in [-0.15, -0.1) is 0 Å². The molecule has 1 aromatic heterocycles. The number of benzene rings is 2. The van der Waals surface area contributed by atoms with Crippen molar-refractivity contribution in [1.29, 1.82) is 0 Å². The molecule has 0 aliphatic carbocycles. The number of carbonyl (C=O) groups is 2. The molecule has 6 heteroatoms. The summed E-state index contributed by atoms with van der Waals surface area (Å²) in [5.74, 6) is 0.235. The molecule has 1 aliphatic heterocycles. The van der Waals surface area contributed by atoms with Gasteiger partial charge in [-0.05, 0) is 42.5 Å². The van der Waals surface area contributed by atoms with Gasteiger partial charge in [0.2, 0.25) is 0 Å². The summed E-state index contributed by atoms with van der Waals surface area (Å²) in [5, 5.41) is 1.22. The van der Waals surface area contributed by atoms with E-state index in [0.29, 0.717) is 17.2 Å². The maximum Gasteiger partial charge on any atom is 0.282 e. The monoisotopic (exact) mass is 408 g/mol. The Bertz CT molecular complexity index is 1010. The number of carbonyl (C=O) groups excluding carboxylic acids is 2. The van der Waals surface area contributed by atoms with E-state index in [-0.39, 0.29) is 5.57 Å². The van der Waals surface area contributed by atoms with Crippen LogP contribution in [0.25, 0.3) is 17.4 Å². The molecule has 0 unspecified atom stereocenters. The zero-order chi connectivity index (χ0) is 18.1. The maximum absolute atomic E-state index is 12.6. The van der Waals surface area contributed by atoms with Gasteiger partial charge in [0.1, 0.15) is 17.1 Å². The first kappa shape index (κ1) is 16.4. The number of amides is 2. The van der Waals surface area contributed by atoms with Crippen LogP contribution in [0, 0.1) is 0 Å². The van der Waals surface area contributed by atoms with E-state index < -0.39 is 11.8 Å². The van der Waals surface area contributed by atoms with E-state index in [1.165, 1.54) is 11.1 Å². The molecule has 1 N–H and O–H groups in total. The minimum absolute atomic E-state index is 0.0295. The standard InChI is InChI=1S/C20H13BrN2O3/c21-14-6-8-15(9-7-14)23-20(25)17(19(24)22-23)12-16-10-11-18(26-16)13-4-2-1-3-5-13/h1-12H,(H,22,24)/b17-12+. The third-order valence-corrected chi connectivity index (χ3v) is 4.48. The summed E-state index contributed by atoms with van der Waals surface area (Å²) in [6.45, 7) is 0. The topological polar surface area (TPSA) is 62.6 Å². The molecule has 0 atom stereocenters. The molecule has 2 amide bonds. The quantitative estimate of drug-likeness (QED) is 0.522. The summed E-state index contributed by atoms with van der Waals surface area (Å²) in [6, 6.07) is 20.2. The molecule has 128 valence electrons. The maximum atomic E-state index is 12.6. The first-order valence-electron chi connectivity index (χ1n) is 7.90. The van der Waals surface area contributed by atoms with Crippen LogP contribution >= 0.6 is 15.9 Å². The van der Waals surface area contributed by atoms with E-state index in [2.05, 4.69) is 21.4 Å². The van der Waals surface area contributed by atoms with Gasteiger partial charge in [-0.2, -0.15) is 0 Å². The lowest BCUT2D eigenvalue weighted by molar-refractivity contribution is -0.117. The fourth-order valence-electron chi connectivity index (χ4n) is 2.66. The molecule has 3 aromatic rings. The lowest BCUT2D eigenvalue weighted by atomic mass is 10.2. The Labute approximate surface area is 158 Å². The average molecular weight is 409 g/mol. The summed E-state index contributed by atoms with van der Waals surface area (Å²) in [6.07, 6.45) is 1.46. The molecule has 0 bridgehead atoms. The molecule has 2 aromatic carbocycles. The van der Waals surface area contributed by atoms with Crippen LogP contribution in [0.4, 0.5) is 5.69 Å². The van der Waals surface area contributed by atoms with Crippen LogP contribution in [-0.2, 0) is 9.59 Å². The summed E-state index contributed by atoms with van der Waals surface area (Å²) >= 11 is 3.34. The molecule has 4 rings (SSSR count). The zero-order valence-corrected chi connectivity index (χ0v) is 15.1. The molecule has 5 nitrogen and oxygen atoms in total. The Balaban J connectivity index is 1.61. The highest BCUT2D eigenvalue weighted by atomic mass is 79.9. The molecule has 1 saturated heterocycles. The predicted molar refractivity (Wildman–Crippen MR) is 102 cm³/mol. The fraction of sp³-hybridized carbons (Fsp3) is 0. The number of nitrogens with one attached hydrogen (secondary N) is 1. The van der Waals surface area contributed by atoms with Gasteiger partial charge in [-0.1, -0.05) is 46.3 Å². The normalized spacial score (nSPS) is 15.6. The third-order valence-electron chi connectivity index (χ3n) is 3.95. The third kappa shape index (κ3) is 3.07. The average Bonchev–Trinajstić information content (AvgIpc) is 3.24. The number of furan rings is 1. The van der Waals surface area contributed by atoms with Crippen LogP contribution in [0.15, 0.2) is 81.2 Å². The van der Waals surface area contributed by atoms with Crippen molar-refractivity contribution in [3.8, 4) is 11.3 Å². The summed E-state index contributed by atoms with van der Waals surface area (Å²) < 4.78 is 6.64. The van der Waals surface area contributed by atoms with Crippen molar-refractivity contribution in [2.24, 2.45) is 0 Å². The zero-order valence-electron chi connectivity index (χ0n) is 13.5. The number of rotatable bonds is 3. The van der Waals surface area contributed by atoms with E-state index in [9.17, 15) is 9.59 Å². The van der Waals surface area contributed by atoms with Crippen LogP contribution in [0.5, 0.6) is 0 Å². The Kier molecular flexibility index (Phi) is 4.18. The van der Waals surface area contributed by atoms with Gasteiger partial charge in [-0.25, -0.2) is 5.01 Å². The van der Waals surface area contributed by atoms with E-state index in [1.807, 2.05) is 36.4 Å². The number of hydrogen-bond acceptors (Lipinski definition) is 3. The number of nitrogens with zero attached hydrogens (tertiary/aromatic N) is 1. The molecule has 26 heavy (non-hydrogen) atoms. The Hall–Kier alpha value is -3.12. The van der Waals surface area contributed by atoms with Crippen LogP contribution < -0.4 is 10.4 Å². The number of hydrazine groups is 1. The van der Waals surface area contributed by atoms with Crippen LogP contribution in [0.3, 0.4) is 0 Å². The largest absolute Gasteiger partial charge is 0.457 e. The molecule has 0 saturated carbocycles. The Morgan fingerprint density at radius 2 is 1.65 bits per heavy atom. The summed E-state index contributed by atoms with van der Waals surface area (Å²) in [4.78, 5) is 24.8. The second kappa shape index (κ2) is 6.65. The highest BCUT2D eigenvalue weighted by molar-refractivity contribution is 9.10. The van der Waals surface area contributed by atoms with Crippen LogP contribution in [0.2, 0.25) is 0 Å². The minimum Gasteiger partial charge on any atom is -0.457 e. The van der Waals surface area contributed by atoms with E-state index in [0.717, 1.165) is 10.0 Å². The lowest BCUT2D eigenvalue weighted by Gasteiger charge is -2.14. The summed E-state index contributed by atoms with van der Waals surface area (Å²) in [5.41, 5.74) is 4.11. The molecular weight excluding hydrogens is 396 g/mol. The summed E-state index contributed by atoms with van der Waals surface area (Å²) in [7, 11) is 0. The van der Waals surface area contributed by atoms with E-state index >= 15 is 0 Å². The van der Waals surface area contributed by atoms with Gasteiger partial charge in [-0.3, -0.25) is 15.0 Å². The SMILES string of the molecule is O=C1NN(c2ccc(Br)cc2)C(=O)/C1=C/c1ccc(-c2ccccc2)o1. The fourth-order valence-corrected chi connectivity index (χ4v) is 2.92. The number of anilines is 1. The van der Waals surface area contributed by atoms with Gasteiger partial charge < -0.3 is 4.42 Å². The highest BCUT2D eigenvalue weighted by Crippen LogP contribution is 2.26. The molecule has 1 aliphatic rings. The molecule has 0 radical (unpaired) electrons. The predicted octanol–water partition coefficient (Wildman–Crippen LogP) is 4.17. The minimum atomic E-state index is -0.462. The molecule has 1 fully saturated rings. The lowest BCUT2D eigenvalue weighted by Crippen LogP contribution is -2.35. The first-order chi connectivity index (χ1) is 12.6. The van der Waals surface area contributed by atoms with Crippen molar-refractivity contribution in [1.82, 2.24) is 5.43 Å². The van der Waals surface area contributed by atoms with E-state index in [4.69, 9.17) is 4.42 Å². The van der Waals surface area contributed by atoms with Crippen molar-refractivity contribution in [2.75, 3.05) is 5.01 Å². The molecular formula is C20H13BrN2O3. The van der Waals surface area contributed by atoms with E-state index in [1.54, 1.807) is 30.3 Å². The van der Waals surface area contributed by atoms with Gasteiger partial charge in [0.05, 0.1) is 5.69 Å². The second-order valence-electron chi connectivity index (χ2n) is 5.68. The Morgan fingerprint density at radius 3 is 2.38 bits per heavy atom. The van der Waals surface area contributed by atoms with Gasteiger partial charge in [0.15, 0.2) is 0 Å². The molecule has 0 spiro atoms. The van der Waals surface area contributed by atoms with Crippen LogP contribution in [-0.4, -0.2) is 11.8 Å².